The first-order chi connectivity index (χ1) is 30.6. The monoisotopic (exact) mass is 849 g/mol. The Kier molecular flexibility index (Phi) is 13.8. The molecule has 0 radical (unpaired) electrons. The summed E-state index contributed by atoms with van der Waals surface area (Å²) < 4.78 is 9.61. The van der Waals surface area contributed by atoms with Crippen molar-refractivity contribution >= 4 is 35.4 Å². The Bertz CT molecular complexity index is 2550. The lowest BCUT2D eigenvalue weighted by Gasteiger charge is -2.30. The molecule has 4 amide bonds. The van der Waals surface area contributed by atoms with Gasteiger partial charge in [0.15, 0.2) is 0 Å². The molecule has 15 heteroatoms. The van der Waals surface area contributed by atoms with Gasteiger partial charge in [-0.3, -0.25) is 9.59 Å². The molecule has 2 fully saturated rings. The molecule has 3 unspecified atom stereocenters. The zero-order valence-corrected chi connectivity index (χ0v) is 36.0. The summed E-state index contributed by atoms with van der Waals surface area (Å²) in [7, 11) is 4.53. The summed E-state index contributed by atoms with van der Waals surface area (Å²) in [5.41, 5.74) is 5.44. The van der Waals surface area contributed by atoms with E-state index in [0.717, 1.165) is 47.5 Å². The topological polar surface area (TPSA) is 178 Å². The van der Waals surface area contributed by atoms with Crippen LogP contribution in [0.2, 0.25) is 0 Å². The molecule has 0 spiro atoms. The van der Waals surface area contributed by atoms with E-state index in [4.69, 9.17) is 14.5 Å². The second-order valence-electron chi connectivity index (χ2n) is 15.7. The maximum absolute atomic E-state index is 13.9. The van der Waals surface area contributed by atoms with E-state index in [-0.39, 0.29) is 29.8 Å². The van der Waals surface area contributed by atoms with E-state index in [9.17, 15) is 19.2 Å². The Hall–Kier alpha value is -7.52. The Morgan fingerprint density at radius 1 is 0.762 bits per heavy atom. The number of likely N-dealkylation sites (tertiary alicyclic amines) is 2. The molecule has 0 aliphatic carbocycles. The number of H-pyrrole nitrogens is 2. The molecule has 324 valence electrons. The smallest absolute Gasteiger partial charge is 0.407 e. The summed E-state index contributed by atoms with van der Waals surface area (Å²) in [6, 6.07) is 22.8. The summed E-state index contributed by atoms with van der Waals surface area (Å²) in [6.07, 6.45) is 5.11. The van der Waals surface area contributed by atoms with Gasteiger partial charge in [0.05, 0.1) is 50.1 Å². The highest BCUT2D eigenvalue weighted by Crippen LogP contribution is 2.36. The molecule has 2 aliphatic heterocycles. The van der Waals surface area contributed by atoms with Crippen molar-refractivity contribution < 1.29 is 28.7 Å². The molecule has 3 aromatic carbocycles. The van der Waals surface area contributed by atoms with Gasteiger partial charge in [-0.15, -0.1) is 0 Å². The van der Waals surface area contributed by atoms with Gasteiger partial charge in [0, 0.05) is 37.0 Å². The highest BCUT2D eigenvalue weighted by Gasteiger charge is 2.38. The average Bonchev–Trinajstić information content (AvgIpc) is 4.16. The van der Waals surface area contributed by atoms with Crippen molar-refractivity contribution in [3.05, 3.63) is 120 Å². The molecule has 2 aromatic heterocycles. The summed E-state index contributed by atoms with van der Waals surface area (Å²) in [6.45, 7) is 4.85. The largest absolute Gasteiger partial charge is 0.453 e. The van der Waals surface area contributed by atoms with Gasteiger partial charge in [-0.2, -0.15) is 0 Å². The minimum atomic E-state index is -0.914. The Morgan fingerprint density at radius 3 is 2.03 bits per heavy atom. The van der Waals surface area contributed by atoms with Crippen LogP contribution in [0.1, 0.15) is 86.1 Å². The van der Waals surface area contributed by atoms with Crippen molar-refractivity contribution in [3.63, 3.8) is 0 Å². The number of aromatic amines is 2. The standard InChI is InChI=1S/C48H51N9O6/c1-31(2)41(53-47(60)62-4)45(58)56-26-15-23-39(56)44-50-30-37(52-44)34-25-24-32(40(28-34)55(3)36-20-10-7-11-21-36)16-12-13-19-35-29-49-43(51-35)38-22-14-27-57(38)46(59)42(54-48(61)63-5)33-17-8-6-9-18-33/h6-11,17-18,20-21,24-25,28-31,38-39,41-42H,14-15,22-23,26-27H2,1-5H3,(H,49,51)(H,50,52)(H,53,60)(H,54,61)/t38?,39?,41-,42?/m0/s1. The molecule has 7 rings (SSSR count). The number of methoxy groups -OCH3 is 2. The minimum absolute atomic E-state index is 0.137. The SMILES string of the molecule is COC(=O)NC(C(=O)N1CCCC1c1ncc(C#CC#Cc2ccc(-c3cnc(C4CCCN4C(=O)[C@@H](NC(=O)OC)C(C)C)[nH]3)cc2N(C)c2ccccc2)[nH]1)c1ccccc1. The van der Waals surface area contributed by atoms with Crippen LogP contribution >= 0.6 is 0 Å². The molecular formula is C48H51N9O6. The van der Waals surface area contributed by atoms with Crippen LogP contribution < -0.4 is 15.5 Å². The molecule has 4 heterocycles. The number of alkyl carbamates (subject to hydrolysis) is 2. The second kappa shape index (κ2) is 19.9. The van der Waals surface area contributed by atoms with Crippen LogP contribution in [0.5, 0.6) is 0 Å². The fourth-order valence-corrected chi connectivity index (χ4v) is 8.08. The number of rotatable bonds is 11. The van der Waals surface area contributed by atoms with Gasteiger partial charge in [-0.05, 0) is 79.2 Å². The fourth-order valence-electron chi connectivity index (χ4n) is 8.08. The molecular weight excluding hydrogens is 799 g/mol. The number of nitrogens with one attached hydrogen (secondary N) is 4. The number of nitrogens with zero attached hydrogens (tertiary/aromatic N) is 5. The third-order valence-corrected chi connectivity index (χ3v) is 11.4. The Balaban J connectivity index is 1.10. The molecule has 2 saturated heterocycles. The summed E-state index contributed by atoms with van der Waals surface area (Å²) in [5, 5.41) is 5.39. The predicted molar refractivity (Wildman–Crippen MR) is 237 cm³/mol. The van der Waals surface area contributed by atoms with E-state index in [1.54, 1.807) is 34.3 Å². The number of anilines is 2. The number of ether oxygens (including phenoxy) is 2. The number of benzene rings is 3. The zero-order chi connectivity index (χ0) is 44.5. The van der Waals surface area contributed by atoms with Gasteiger partial charge in [-0.25, -0.2) is 19.6 Å². The lowest BCUT2D eigenvalue weighted by molar-refractivity contribution is -0.135. The Morgan fingerprint density at radius 2 is 1.37 bits per heavy atom. The third-order valence-electron chi connectivity index (χ3n) is 11.4. The number of hydrogen-bond donors (Lipinski definition) is 4. The van der Waals surface area contributed by atoms with Crippen molar-refractivity contribution in [2.45, 2.75) is 63.7 Å². The predicted octanol–water partition coefficient (Wildman–Crippen LogP) is 6.78. The van der Waals surface area contributed by atoms with E-state index < -0.39 is 24.3 Å². The van der Waals surface area contributed by atoms with Crippen LogP contribution in [0.15, 0.2) is 91.3 Å². The minimum Gasteiger partial charge on any atom is -0.453 e. The lowest BCUT2D eigenvalue weighted by atomic mass is 10.0. The van der Waals surface area contributed by atoms with Gasteiger partial charge in [0.1, 0.15) is 29.4 Å². The second-order valence-corrected chi connectivity index (χ2v) is 15.7. The van der Waals surface area contributed by atoms with Crippen LogP contribution in [0.4, 0.5) is 21.0 Å². The number of carbonyl (C=O) groups is 4. The molecule has 0 saturated carbocycles. The maximum atomic E-state index is 13.9. The molecule has 4 N–H and O–H groups in total. The number of hydrogen-bond acceptors (Lipinski definition) is 9. The first-order valence-electron chi connectivity index (χ1n) is 21.0. The fraction of sp³-hybridized carbons (Fsp3) is 0.333. The van der Waals surface area contributed by atoms with E-state index in [0.29, 0.717) is 42.4 Å². The van der Waals surface area contributed by atoms with Crippen LogP contribution in [0, 0.1) is 29.6 Å². The van der Waals surface area contributed by atoms with Crippen molar-refractivity contribution in [2.75, 3.05) is 39.3 Å². The van der Waals surface area contributed by atoms with Crippen LogP contribution in [-0.4, -0.2) is 94.1 Å². The average molecular weight is 850 g/mol. The molecule has 63 heavy (non-hydrogen) atoms. The first kappa shape index (κ1) is 43.6. The molecule has 2 aliphatic rings. The van der Waals surface area contributed by atoms with E-state index in [1.807, 2.05) is 87.6 Å². The lowest BCUT2D eigenvalue weighted by Crippen LogP contribution is -2.51. The number of carbonyl (C=O) groups excluding carboxylic acids is 4. The number of para-hydroxylation sites is 1. The van der Waals surface area contributed by atoms with E-state index in [1.165, 1.54) is 14.2 Å². The summed E-state index contributed by atoms with van der Waals surface area (Å²) in [4.78, 5) is 73.6. The molecule has 5 aromatic rings. The van der Waals surface area contributed by atoms with Gasteiger partial charge >= 0.3 is 12.2 Å². The highest BCUT2D eigenvalue weighted by atomic mass is 16.5. The van der Waals surface area contributed by atoms with Crippen LogP contribution in [-0.2, 0) is 19.1 Å². The number of imidazole rings is 2. The van der Waals surface area contributed by atoms with Crippen molar-refractivity contribution in [1.82, 2.24) is 40.4 Å². The van der Waals surface area contributed by atoms with E-state index in [2.05, 4.69) is 54.2 Å². The van der Waals surface area contributed by atoms with Gasteiger partial charge in [0.2, 0.25) is 5.91 Å². The van der Waals surface area contributed by atoms with Crippen molar-refractivity contribution in [3.8, 4) is 34.9 Å². The molecule has 4 atom stereocenters. The normalized spacial score (nSPS) is 16.5. The maximum Gasteiger partial charge on any atom is 0.407 e. The quantitative estimate of drug-likeness (QED) is 0.104. The van der Waals surface area contributed by atoms with Gasteiger partial charge in [0.25, 0.3) is 5.91 Å². The van der Waals surface area contributed by atoms with Crippen molar-refractivity contribution in [2.24, 2.45) is 5.92 Å². The first-order valence-corrected chi connectivity index (χ1v) is 21.0. The third kappa shape index (κ3) is 10.0. The number of aromatic nitrogens is 4. The zero-order valence-electron chi connectivity index (χ0n) is 36.0. The molecule has 0 bridgehead atoms. The summed E-state index contributed by atoms with van der Waals surface area (Å²) in [5.74, 6) is 13.0. The Labute approximate surface area is 367 Å². The highest BCUT2D eigenvalue weighted by molar-refractivity contribution is 5.88. The van der Waals surface area contributed by atoms with Gasteiger partial charge < -0.3 is 44.8 Å². The summed E-state index contributed by atoms with van der Waals surface area (Å²) >= 11 is 0. The van der Waals surface area contributed by atoms with E-state index >= 15 is 0 Å². The van der Waals surface area contributed by atoms with Gasteiger partial charge in [-0.1, -0.05) is 74.4 Å². The van der Waals surface area contributed by atoms with Crippen LogP contribution in [0.25, 0.3) is 11.3 Å². The van der Waals surface area contributed by atoms with Crippen LogP contribution in [0.3, 0.4) is 0 Å². The van der Waals surface area contributed by atoms with Crippen molar-refractivity contribution in [1.29, 1.82) is 0 Å². The molecule has 15 nitrogen and oxygen atoms in total. The number of amides is 4.